The molecule has 60 valence electrons. The second-order valence-electron chi connectivity index (χ2n) is 1.89. The van der Waals surface area contributed by atoms with Gasteiger partial charge in [-0.15, -0.1) is 15.2 Å². The van der Waals surface area contributed by atoms with Crippen molar-refractivity contribution in [1.82, 2.24) is 5.06 Å². The van der Waals surface area contributed by atoms with Crippen molar-refractivity contribution >= 4 is 11.8 Å². The molecule has 0 aliphatic carbocycles. The molecule has 1 saturated heterocycles. The van der Waals surface area contributed by atoms with Gasteiger partial charge in [0.2, 0.25) is 0 Å². The maximum Gasteiger partial charge on any atom is 0.317 e. The minimum absolute atomic E-state index is 0.0212. The molecule has 0 radical (unpaired) electrons. The van der Waals surface area contributed by atoms with Crippen LogP contribution in [-0.2, 0) is 14.5 Å². The highest BCUT2D eigenvalue weighted by molar-refractivity contribution is 6.00. The SMILES string of the molecule is O=C1CCC(=O)N1O[N+](=O)[O-]. The lowest BCUT2D eigenvalue weighted by molar-refractivity contribution is -0.796. The zero-order chi connectivity index (χ0) is 8.43. The number of imide groups is 1. The fraction of sp³-hybridized carbons (Fsp3) is 0.500. The van der Waals surface area contributed by atoms with Gasteiger partial charge in [0.05, 0.1) is 0 Å². The zero-order valence-electron chi connectivity index (χ0n) is 5.35. The standard InChI is InChI=1S/C4H4N2O5/c7-3-1-2-4(8)5(3)11-6(9)10/h1-2H2. The Morgan fingerprint density at radius 1 is 1.36 bits per heavy atom. The summed E-state index contributed by atoms with van der Waals surface area (Å²) in [6.07, 6.45) is -0.0423. The van der Waals surface area contributed by atoms with Gasteiger partial charge in [0, 0.05) is 12.8 Å². The molecule has 1 aliphatic heterocycles. The Kier molecular flexibility index (Phi) is 1.71. The molecule has 7 heteroatoms. The molecule has 2 amide bonds. The van der Waals surface area contributed by atoms with E-state index in [9.17, 15) is 19.7 Å². The van der Waals surface area contributed by atoms with Gasteiger partial charge in [-0.2, -0.15) is 4.94 Å². The number of rotatable bonds is 2. The third-order valence-electron chi connectivity index (χ3n) is 1.15. The van der Waals surface area contributed by atoms with Crippen molar-refractivity contribution in [2.45, 2.75) is 12.8 Å². The summed E-state index contributed by atoms with van der Waals surface area (Å²) in [6, 6.07) is 0. The van der Waals surface area contributed by atoms with Gasteiger partial charge in [-0.25, -0.2) is 0 Å². The average Bonchev–Trinajstić information content (AvgIpc) is 2.18. The molecule has 0 N–H and O–H groups in total. The van der Waals surface area contributed by atoms with E-state index in [0.29, 0.717) is 0 Å². The maximum atomic E-state index is 10.6. The summed E-state index contributed by atoms with van der Waals surface area (Å²) in [6.45, 7) is 0. The summed E-state index contributed by atoms with van der Waals surface area (Å²) < 4.78 is 0. The fourth-order valence-electron chi connectivity index (χ4n) is 0.714. The molecule has 11 heavy (non-hydrogen) atoms. The normalized spacial score (nSPS) is 17.3. The minimum Gasteiger partial charge on any atom is -0.272 e. The van der Waals surface area contributed by atoms with Crippen LogP contribution < -0.4 is 0 Å². The largest absolute Gasteiger partial charge is 0.317 e. The van der Waals surface area contributed by atoms with Crippen molar-refractivity contribution in [3.8, 4) is 0 Å². The Labute approximate surface area is 60.6 Å². The van der Waals surface area contributed by atoms with Gasteiger partial charge in [0.1, 0.15) is 0 Å². The van der Waals surface area contributed by atoms with Crippen molar-refractivity contribution in [1.29, 1.82) is 0 Å². The summed E-state index contributed by atoms with van der Waals surface area (Å²) in [4.78, 5) is 34.6. The van der Waals surface area contributed by atoms with Crippen molar-refractivity contribution in [2.75, 3.05) is 0 Å². The quantitative estimate of drug-likeness (QED) is 0.301. The van der Waals surface area contributed by atoms with Gasteiger partial charge in [0.15, 0.2) is 0 Å². The molecule has 0 aromatic rings. The van der Waals surface area contributed by atoms with Crippen LogP contribution in [0.15, 0.2) is 0 Å². The first-order valence-corrected chi connectivity index (χ1v) is 2.79. The summed E-state index contributed by atoms with van der Waals surface area (Å²) in [5.41, 5.74) is 0. The molecule has 1 heterocycles. The molecule has 1 fully saturated rings. The highest BCUT2D eigenvalue weighted by atomic mass is 17.0. The molecule has 7 nitrogen and oxygen atoms in total. The van der Waals surface area contributed by atoms with E-state index in [-0.39, 0.29) is 17.9 Å². The topological polar surface area (TPSA) is 89.8 Å². The summed E-state index contributed by atoms with van der Waals surface area (Å²) in [5.74, 6) is -1.35. The lowest BCUT2D eigenvalue weighted by Gasteiger charge is -2.06. The first-order chi connectivity index (χ1) is 5.11. The third kappa shape index (κ3) is 1.42. The smallest absolute Gasteiger partial charge is 0.272 e. The molecule has 0 unspecified atom stereocenters. The maximum absolute atomic E-state index is 10.6. The number of hydrogen-bond donors (Lipinski definition) is 0. The van der Waals surface area contributed by atoms with Gasteiger partial charge >= 0.3 is 5.09 Å². The number of amides is 2. The van der Waals surface area contributed by atoms with Crippen molar-refractivity contribution < 1.29 is 19.6 Å². The number of hydrogen-bond acceptors (Lipinski definition) is 5. The molecule has 0 bridgehead atoms. The fourth-order valence-corrected chi connectivity index (χ4v) is 0.714. The Morgan fingerprint density at radius 2 is 1.82 bits per heavy atom. The lowest BCUT2D eigenvalue weighted by atomic mass is 10.4. The summed E-state index contributed by atoms with van der Waals surface area (Å²) in [5, 5.41) is 8.66. The molecule has 0 aromatic carbocycles. The predicted molar refractivity (Wildman–Crippen MR) is 29.2 cm³/mol. The number of carbonyl (C=O) groups excluding carboxylic acids is 2. The van der Waals surface area contributed by atoms with Crippen molar-refractivity contribution in [2.24, 2.45) is 0 Å². The van der Waals surface area contributed by atoms with Crippen LogP contribution in [0.1, 0.15) is 12.8 Å². The van der Waals surface area contributed by atoms with Gasteiger partial charge in [-0.05, 0) is 0 Å². The van der Waals surface area contributed by atoms with E-state index in [1.165, 1.54) is 0 Å². The van der Waals surface area contributed by atoms with E-state index in [2.05, 4.69) is 4.94 Å². The average molecular weight is 160 g/mol. The minimum atomic E-state index is -1.19. The highest BCUT2D eigenvalue weighted by Crippen LogP contribution is 2.11. The van der Waals surface area contributed by atoms with Gasteiger partial charge in [-0.1, -0.05) is 0 Å². The van der Waals surface area contributed by atoms with Crippen LogP contribution >= 0.6 is 0 Å². The molecule has 0 aromatic heterocycles. The predicted octanol–water partition coefficient (Wildman–Crippen LogP) is -0.741. The molecular weight excluding hydrogens is 156 g/mol. The first kappa shape index (κ1) is 7.45. The Bertz CT molecular complexity index is 209. The highest BCUT2D eigenvalue weighted by Gasteiger charge is 2.32. The van der Waals surface area contributed by atoms with E-state index in [1.807, 2.05) is 0 Å². The Balaban J connectivity index is 2.62. The zero-order valence-corrected chi connectivity index (χ0v) is 5.35. The number of hydroxylamine groups is 2. The number of nitrogens with zero attached hydrogens (tertiary/aromatic N) is 2. The van der Waals surface area contributed by atoms with E-state index in [4.69, 9.17) is 0 Å². The van der Waals surface area contributed by atoms with E-state index < -0.39 is 16.9 Å². The summed E-state index contributed by atoms with van der Waals surface area (Å²) >= 11 is 0. The van der Waals surface area contributed by atoms with E-state index in [1.54, 1.807) is 0 Å². The van der Waals surface area contributed by atoms with Gasteiger partial charge in [-0.3, -0.25) is 9.59 Å². The second-order valence-corrected chi connectivity index (χ2v) is 1.89. The van der Waals surface area contributed by atoms with Crippen LogP contribution in [0.25, 0.3) is 0 Å². The third-order valence-corrected chi connectivity index (χ3v) is 1.15. The van der Waals surface area contributed by atoms with E-state index in [0.717, 1.165) is 0 Å². The molecular formula is C4H4N2O5. The van der Waals surface area contributed by atoms with E-state index >= 15 is 0 Å². The molecule has 1 rings (SSSR count). The Morgan fingerprint density at radius 3 is 2.18 bits per heavy atom. The van der Waals surface area contributed by atoms with Gasteiger partial charge in [0.25, 0.3) is 11.8 Å². The van der Waals surface area contributed by atoms with Crippen LogP contribution in [0.2, 0.25) is 0 Å². The second kappa shape index (κ2) is 2.52. The molecule has 0 saturated carbocycles. The van der Waals surface area contributed by atoms with Crippen molar-refractivity contribution in [3.63, 3.8) is 0 Å². The van der Waals surface area contributed by atoms with Crippen LogP contribution in [0, 0.1) is 10.1 Å². The van der Waals surface area contributed by atoms with Crippen LogP contribution in [-0.4, -0.2) is 22.0 Å². The first-order valence-electron chi connectivity index (χ1n) is 2.79. The van der Waals surface area contributed by atoms with Crippen LogP contribution in [0.4, 0.5) is 0 Å². The molecule has 0 atom stereocenters. The Hall–Kier alpha value is -1.66. The number of carbonyl (C=O) groups is 2. The van der Waals surface area contributed by atoms with Crippen molar-refractivity contribution in [3.05, 3.63) is 10.1 Å². The molecule has 1 aliphatic rings. The van der Waals surface area contributed by atoms with Gasteiger partial charge < -0.3 is 0 Å². The monoisotopic (exact) mass is 160 g/mol. The molecule has 0 spiro atoms. The van der Waals surface area contributed by atoms with Crippen LogP contribution in [0.5, 0.6) is 0 Å². The lowest BCUT2D eigenvalue weighted by Crippen LogP contribution is -2.31. The summed E-state index contributed by atoms with van der Waals surface area (Å²) in [7, 11) is 0. The van der Waals surface area contributed by atoms with Crippen LogP contribution in [0.3, 0.4) is 0 Å².